The lowest BCUT2D eigenvalue weighted by atomic mass is 10.0. The molecule has 128 valence electrons. The van der Waals surface area contributed by atoms with Crippen molar-refractivity contribution in [2.24, 2.45) is 0 Å². The molecule has 5 heteroatoms. The van der Waals surface area contributed by atoms with Gasteiger partial charge in [0, 0.05) is 31.0 Å². The van der Waals surface area contributed by atoms with Crippen LogP contribution in [0.4, 0.5) is 0 Å². The number of hydrogen-bond donors (Lipinski definition) is 0. The second-order valence-electron chi connectivity index (χ2n) is 6.81. The standard InChI is InChI=1S/C19H26N4O/c1-21(2)14-16-7-9-17(10-8-16)19(24)23-13-4-3-6-18(23)15-22-12-5-11-20-22/h5,7-12,18H,3-4,6,13-15H2,1-2H3/t18-/m1/s1. The van der Waals surface area contributed by atoms with E-state index in [-0.39, 0.29) is 11.9 Å². The van der Waals surface area contributed by atoms with Crippen LogP contribution in [-0.4, -0.2) is 52.2 Å². The third-order valence-corrected chi connectivity index (χ3v) is 4.54. The minimum Gasteiger partial charge on any atom is -0.334 e. The first-order valence-corrected chi connectivity index (χ1v) is 8.65. The maximum absolute atomic E-state index is 13.0. The molecule has 1 aromatic heterocycles. The van der Waals surface area contributed by atoms with E-state index in [2.05, 4.69) is 22.1 Å². The number of benzene rings is 1. The van der Waals surface area contributed by atoms with E-state index in [1.807, 2.05) is 48.1 Å². The van der Waals surface area contributed by atoms with Gasteiger partial charge in [-0.1, -0.05) is 12.1 Å². The van der Waals surface area contributed by atoms with Crippen LogP contribution in [0.25, 0.3) is 0 Å². The highest BCUT2D eigenvalue weighted by Gasteiger charge is 2.27. The van der Waals surface area contributed by atoms with Crippen LogP contribution in [0.3, 0.4) is 0 Å². The smallest absolute Gasteiger partial charge is 0.254 e. The van der Waals surface area contributed by atoms with Gasteiger partial charge in [-0.3, -0.25) is 9.48 Å². The largest absolute Gasteiger partial charge is 0.334 e. The van der Waals surface area contributed by atoms with Crippen molar-refractivity contribution in [2.75, 3.05) is 20.6 Å². The van der Waals surface area contributed by atoms with Gasteiger partial charge in [0.15, 0.2) is 0 Å². The van der Waals surface area contributed by atoms with Crippen molar-refractivity contribution >= 4 is 5.91 Å². The summed E-state index contributed by atoms with van der Waals surface area (Å²) in [6.45, 7) is 2.50. The lowest BCUT2D eigenvalue weighted by Gasteiger charge is -2.35. The fraction of sp³-hybridized carbons (Fsp3) is 0.474. The monoisotopic (exact) mass is 326 g/mol. The Bertz CT molecular complexity index is 649. The number of nitrogens with zero attached hydrogens (tertiary/aromatic N) is 4. The van der Waals surface area contributed by atoms with Crippen molar-refractivity contribution in [3.63, 3.8) is 0 Å². The second-order valence-corrected chi connectivity index (χ2v) is 6.81. The summed E-state index contributed by atoms with van der Waals surface area (Å²) in [6.07, 6.45) is 7.06. The third kappa shape index (κ3) is 4.03. The lowest BCUT2D eigenvalue weighted by molar-refractivity contribution is 0.0584. The normalized spacial score (nSPS) is 18.1. The summed E-state index contributed by atoms with van der Waals surface area (Å²) < 4.78 is 1.93. The predicted molar refractivity (Wildman–Crippen MR) is 94.7 cm³/mol. The highest BCUT2D eigenvalue weighted by molar-refractivity contribution is 5.94. The van der Waals surface area contributed by atoms with E-state index in [0.717, 1.165) is 38.0 Å². The topological polar surface area (TPSA) is 41.4 Å². The summed E-state index contributed by atoms with van der Waals surface area (Å²) in [7, 11) is 4.10. The van der Waals surface area contributed by atoms with Crippen LogP contribution in [0.2, 0.25) is 0 Å². The van der Waals surface area contributed by atoms with Crippen molar-refractivity contribution in [3.05, 3.63) is 53.9 Å². The van der Waals surface area contributed by atoms with Crippen LogP contribution < -0.4 is 0 Å². The molecule has 1 saturated heterocycles. The van der Waals surface area contributed by atoms with E-state index in [1.54, 1.807) is 6.20 Å². The lowest BCUT2D eigenvalue weighted by Crippen LogP contribution is -2.45. The Kier molecular flexibility index (Phi) is 5.30. The fourth-order valence-electron chi connectivity index (χ4n) is 3.37. The van der Waals surface area contributed by atoms with Crippen LogP contribution in [0.5, 0.6) is 0 Å². The molecule has 1 amide bonds. The second kappa shape index (κ2) is 7.62. The molecule has 0 spiro atoms. The van der Waals surface area contributed by atoms with Crippen LogP contribution in [0.15, 0.2) is 42.7 Å². The summed E-state index contributed by atoms with van der Waals surface area (Å²) in [5.74, 6) is 0.142. The quantitative estimate of drug-likeness (QED) is 0.848. The van der Waals surface area contributed by atoms with Crippen molar-refractivity contribution in [3.8, 4) is 0 Å². The van der Waals surface area contributed by atoms with Gasteiger partial charge in [0.2, 0.25) is 0 Å². The van der Waals surface area contributed by atoms with Crippen LogP contribution >= 0.6 is 0 Å². The Balaban J connectivity index is 1.71. The van der Waals surface area contributed by atoms with Gasteiger partial charge in [-0.25, -0.2) is 0 Å². The Hall–Kier alpha value is -2.14. The number of carbonyl (C=O) groups is 1. The van der Waals surface area contributed by atoms with E-state index in [4.69, 9.17) is 0 Å². The minimum atomic E-state index is 0.142. The first-order valence-electron chi connectivity index (χ1n) is 8.65. The zero-order valence-corrected chi connectivity index (χ0v) is 14.6. The number of piperidine rings is 1. The zero-order chi connectivity index (χ0) is 16.9. The van der Waals surface area contributed by atoms with Crippen molar-refractivity contribution < 1.29 is 4.79 Å². The summed E-state index contributed by atoms with van der Waals surface area (Å²) in [4.78, 5) is 17.1. The average molecular weight is 326 g/mol. The van der Waals surface area contributed by atoms with Crippen molar-refractivity contribution in [1.29, 1.82) is 0 Å². The third-order valence-electron chi connectivity index (χ3n) is 4.54. The van der Waals surface area contributed by atoms with Gasteiger partial charge in [0.25, 0.3) is 5.91 Å². The first kappa shape index (κ1) is 16.7. The molecule has 2 aromatic rings. The summed E-state index contributed by atoms with van der Waals surface area (Å²) in [5, 5.41) is 4.29. The maximum Gasteiger partial charge on any atom is 0.254 e. The van der Waals surface area contributed by atoms with Crippen molar-refractivity contribution in [2.45, 2.75) is 38.4 Å². The van der Waals surface area contributed by atoms with Crippen LogP contribution in [0.1, 0.15) is 35.2 Å². The molecule has 0 radical (unpaired) electrons. The molecule has 0 N–H and O–H groups in total. The molecule has 0 unspecified atom stereocenters. The summed E-state index contributed by atoms with van der Waals surface area (Å²) in [6, 6.07) is 10.2. The van der Waals surface area contributed by atoms with Crippen molar-refractivity contribution in [1.82, 2.24) is 19.6 Å². The van der Waals surface area contributed by atoms with E-state index in [0.29, 0.717) is 0 Å². The van der Waals surface area contributed by atoms with Gasteiger partial charge in [-0.05, 0) is 57.1 Å². The molecule has 3 rings (SSSR count). The molecule has 0 aliphatic carbocycles. The molecular weight excluding hydrogens is 300 g/mol. The Morgan fingerprint density at radius 3 is 2.71 bits per heavy atom. The molecule has 1 atom stereocenters. The number of likely N-dealkylation sites (tertiary alicyclic amines) is 1. The van der Waals surface area contributed by atoms with Gasteiger partial charge >= 0.3 is 0 Å². The molecule has 2 heterocycles. The predicted octanol–water partition coefficient (Wildman–Crippen LogP) is 2.64. The molecule has 1 aliphatic heterocycles. The number of hydrogen-bond acceptors (Lipinski definition) is 3. The molecule has 1 aromatic carbocycles. The van der Waals surface area contributed by atoms with Crippen LogP contribution in [-0.2, 0) is 13.1 Å². The van der Waals surface area contributed by atoms with E-state index >= 15 is 0 Å². The minimum absolute atomic E-state index is 0.142. The average Bonchev–Trinajstić information content (AvgIpc) is 3.08. The number of aromatic nitrogens is 2. The summed E-state index contributed by atoms with van der Waals surface area (Å²) >= 11 is 0. The van der Waals surface area contributed by atoms with E-state index in [1.165, 1.54) is 12.0 Å². The SMILES string of the molecule is CN(C)Cc1ccc(C(=O)N2CCCC[C@@H]2Cn2cccn2)cc1. The Labute approximate surface area is 143 Å². The highest BCUT2D eigenvalue weighted by Crippen LogP contribution is 2.21. The molecule has 5 nitrogen and oxygen atoms in total. The highest BCUT2D eigenvalue weighted by atomic mass is 16.2. The maximum atomic E-state index is 13.0. The van der Waals surface area contributed by atoms with Gasteiger partial charge in [0.05, 0.1) is 12.6 Å². The van der Waals surface area contributed by atoms with E-state index < -0.39 is 0 Å². The molecule has 0 saturated carbocycles. The first-order chi connectivity index (χ1) is 11.6. The van der Waals surface area contributed by atoms with Gasteiger partial charge in [-0.15, -0.1) is 0 Å². The Morgan fingerprint density at radius 1 is 1.25 bits per heavy atom. The Morgan fingerprint density at radius 2 is 2.04 bits per heavy atom. The summed E-state index contributed by atoms with van der Waals surface area (Å²) in [5.41, 5.74) is 2.01. The van der Waals surface area contributed by atoms with E-state index in [9.17, 15) is 4.79 Å². The molecular formula is C19H26N4O. The van der Waals surface area contributed by atoms with Gasteiger partial charge in [0.1, 0.15) is 0 Å². The number of amides is 1. The molecule has 24 heavy (non-hydrogen) atoms. The molecule has 1 fully saturated rings. The fourth-order valence-corrected chi connectivity index (χ4v) is 3.37. The zero-order valence-electron chi connectivity index (χ0n) is 14.6. The van der Waals surface area contributed by atoms with Gasteiger partial charge in [-0.2, -0.15) is 5.10 Å². The van der Waals surface area contributed by atoms with Gasteiger partial charge < -0.3 is 9.80 Å². The van der Waals surface area contributed by atoms with Crippen LogP contribution in [0, 0.1) is 0 Å². The molecule has 0 bridgehead atoms. The molecule has 1 aliphatic rings. The number of carbonyl (C=O) groups excluding carboxylic acids is 1. The number of rotatable bonds is 5.